The number of hydrogen-bond acceptors (Lipinski definition) is 6. The Kier molecular flexibility index (Phi) is 5.31. The second kappa shape index (κ2) is 7.51. The van der Waals surface area contributed by atoms with Gasteiger partial charge in [-0.3, -0.25) is 4.79 Å². The summed E-state index contributed by atoms with van der Waals surface area (Å²) in [6.45, 7) is 2.70. The van der Waals surface area contributed by atoms with Gasteiger partial charge < -0.3 is 19.8 Å². The van der Waals surface area contributed by atoms with Crippen molar-refractivity contribution in [2.45, 2.75) is 33.4 Å². The summed E-state index contributed by atoms with van der Waals surface area (Å²) in [5, 5.41) is 3.73. The zero-order valence-corrected chi connectivity index (χ0v) is 16.0. The topological polar surface area (TPSA) is 76.2 Å². The van der Waals surface area contributed by atoms with Gasteiger partial charge in [0.1, 0.15) is 10.7 Å². The van der Waals surface area contributed by atoms with Crippen molar-refractivity contribution in [3.05, 3.63) is 44.8 Å². The van der Waals surface area contributed by atoms with E-state index in [1.807, 2.05) is 20.8 Å². The second-order valence-electron chi connectivity index (χ2n) is 6.02. The molecule has 27 heavy (non-hydrogen) atoms. The Morgan fingerprint density at radius 2 is 2.00 bits per heavy atom. The molecule has 1 atom stereocenters. The molecule has 0 bridgehead atoms. The summed E-state index contributed by atoms with van der Waals surface area (Å²) in [7, 11) is 1.37. The van der Waals surface area contributed by atoms with Crippen LogP contribution in [0.3, 0.4) is 0 Å². The molecule has 0 amide bonds. The maximum Gasteiger partial charge on any atom is 0.387 e. The van der Waals surface area contributed by atoms with Gasteiger partial charge in [0.2, 0.25) is 0 Å². The van der Waals surface area contributed by atoms with Crippen molar-refractivity contribution < 1.29 is 18.3 Å². The monoisotopic (exact) mass is 395 g/mol. The van der Waals surface area contributed by atoms with E-state index in [-0.39, 0.29) is 23.1 Å². The summed E-state index contributed by atoms with van der Waals surface area (Å²) in [6, 6.07) is 4.25. The first-order valence-electron chi connectivity index (χ1n) is 8.19. The lowest BCUT2D eigenvalue weighted by Crippen LogP contribution is -2.17. The van der Waals surface area contributed by atoms with E-state index in [4.69, 9.17) is 4.74 Å². The molecule has 0 radical (unpaired) electrons. The number of nitrogens with zero attached hydrogens (tertiary/aromatic N) is 1. The number of thiophene rings is 1. The molecule has 2 heterocycles. The van der Waals surface area contributed by atoms with Crippen LogP contribution in [0, 0.1) is 13.8 Å². The molecule has 2 aromatic heterocycles. The number of rotatable bonds is 6. The quantitative estimate of drug-likeness (QED) is 0.648. The molecule has 0 aliphatic rings. The minimum absolute atomic E-state index is 0.0777. The average Bonchev–Trinajstić information content (AvgIpc) is 2.89. The molecule has 0 aliphatic carbocycles. The van der Waals surface area contributed by atoms with Gasteiger partial charge in [0, 0.05) is 16.6 Å². The summed E-state index contributed by atoms with van der Waals surface area (Å²) in [4.78, 5) is 21.5. The number of ether oxygens (including phenoxy) is 2. The number of hydrogen-bond donors (Lipinski definition) is 2. The predicted molar refractivity (Wildman–Crippen MR) is 101 cm³/mol. The second-order valence-corrected chi connectivity index (χ2v) is 7.23. The van der Waals surface area contributed by atoms with Crippen LogP contribution >= 0.6 is 11.3 Å². The van der Waals surface area contributed by atoms with Gasteiger partial charge in [0.15, 0.2) is 11.5 Å². The van der Waals surface area contributed by atoms with Crippen LogP contribution in [0.25, 0.3) is 10.2 Å². The van der Waals surface area contributed by atoms with Crippen molar-refractivity contribution in [2.75, 3.05) is 12.4 Å². The molecule has 0 saturated carbocycles. The van der Waals surface area contributed by atoms with Gasteiger partial charge in [-0.05, 0) is 38.5 Å². The fourth-order valence-corrected chi connectivity index (χ4v) is 3.79. The molecule has 2 N–H and O–H groups in total. The fraction of sp³-hybridized carbons (Fsp3) is 0.333. The standard InChI is InChI=1S/C18H19F2N3O3S/c1-8-10(3)27-17-14(8)16(24)22-15(23-17)9(2)21-11-5-6-12(25-4)13(7-11)26-18(19)20/h5-7,9,18,21H,1-4H3,(H,22,23,24). The third-order valence-corrected chi connectivity index (χ3v) is 5.33. The van der Waals surface area contributed by atoms with E-state index in [1.165, 1.54) is 30.6 Å². The van der Waals surface area contributed by atoms with Crippen molar-refractivity contribution in [1.29, 1.82) is 0 Å². The Hall–Kier alpha value is -2.68. The fourth-order valence-electron chi connectivity index (χ4n) is 2.75. The highest BCUT2D eigenvalue weighted by molar-refractivity contribution is 7.18. The van der Waals surface area contributed by atoms with Crippen molar-refractivity contribution >= 4 is 27.2 Å². The number of H-pyrrole nitrogens is 1. The van der Waals surface area contributed by atoms with Gasteiger partial charge >= 0.3 is 6.61 Å². The number of anilines is 1. The lowest BCUT2D eigenvalue weighted by atomic mass is 10.2. The van der Waals surface area contributed by atoms with E-state index >= 15 is 0 Å². The van der Waals surface area contributed by atoms with E-state index in [1.54, 1.807) is 6.07 Å². The van der Waals surface area contributed by atoms with Crippen LogP contribution in [0.15, 0.2) is 23.0 Å². The Balaban J connectivity index is 1.90. The molecule has 0 saturated heterocycles. The van der Waals surface area contributed by atoms with Crippen LogP contribution in [-0.2, 0) is 0 Å². The molecule has 0 aliphatic heterocycles. The summed E-state index contributed by atoms with van der Waals surface area (Å²) in [5.74, 6) is 0.581. The first-order valence-corrected chi connectivity index (χ1v) is 9.01. The summed E-state index contributed by atoms with van der Waals surface area (Å²) >= 11 is 1.47. The van der Waals surface area contributed by atoms with Gasteiger partial charge in [-0.2, -0.15) is 8.78 Å². The van der Waals surface area contributed by atoms with Crippen LogP contribution in [0.1, 0.15) is 29.2 Å². The molecule has 1 aromatic carbocycles. The molecule has 3 rings (SSSR count). The maximum atomic E-state index is 12.6. The highest BCUT2D eigenvalue weighted by atomic mass is 32.1. The summed E-state index contributed by atoms with van der Waals surface area (Å²) in [5.41, 5.74) is 1.27. The number of alkyl halides is 2. The third-order valence-electron chi connectivity index (χ3n) is 4.23. The van der Waals surface area contributed by atoms with Gasteiger partial charge in [-0.15, -0.1) is 11.3 Å². The first kappa shape index (κ1) is 19.1. The normalized spacial score (nSPS) is 12.4. The first-order chi connectivity index (χ1) is 12.8. The van der Waals surface area contributed by atoms with Crippen molar-refractivity contribution in [3.63, 3.8) is 0 Å². The Bertz CT molecular complexity index is 1030. The van der Waals surface area contributed by atoms with Gasteiger partial charge in [-0.25, -0.2) is 4.98 Å². The average molecular weight is 395 g/mol. The van der Waals surface area contributed by atoms with Crippen LogP contribution < -0.4 is 20.3 Å². The molecule has 144 valence electrons. The van der Waals surface area contributed by atoms with Crippen LogP contribution in [0.4, 0.5) is 14.5 Å². The number of halogens is 2. The maximum absolute atomic E-state index is 12.6. The van der Waals surface area contributed by atoms with Crippen LogP contribution in [-0.4, -0.2) is 23.7 Å². The summed E-state index contributed by atoms with van der Waals surface area (Å²) < 4.78 is 34.7. The van der Waals surface area contributed by atoms with Crippen LogP contribution in [0.5, 0.6) is 11.5 Å². The Morgan fingerprint density at radius 3 is 2.67 bits per heavy atom. The van der Waals surface area contributed by atoms with E-state index in [0.29, 0.717) is 21.7 Å². The van der Waals surface area contributed by atoms with Gasteiger partial charge in [0.05, 0.1) is 18.5 Å². The molecule has 0 fully saturated rings. The van der Waals surface area contributed by atoms with Crippen molar-refractivity contribution in [1.82, 2.24) is 9.97 Å². The van der Waals surface area contributed by atoms with E-state index in [9.17, 15) is 13.6 Å². The smallest absolute Gasteiger partial charge is 0.387 e. The van der Waals surface area contributed by atoms with E-state index in [0.717, 1.165) is 10.4 Å². The minimum Gasteiger partial charge on any atom is -0.493 e. The number of benzene rings is 1. The lowest BCUT2D eigenvalue weighted by molar-refractivity contribution is -0.0511. The molecule has 6 nitrogen and oxygen atoms in total. The molecule has 9 heteroatoms. The lowest BCUT2D eigenvalue weighted by Gasteiger charge is -2.17. The molecular formula is C18H19F2N3O3S. The van der Waals surface area contributed by atoms with E-state index < -0.39 is 6.61 Å². The summed E-state index contributed by atoms with van der Waals surface area (Å²) in [6.07, 6.45) is 0. The number of methoxy groups -OCH3 is 1. The van der Waals surface area contributed by atoms with Crippen LogP contribution in [0.2, 0.25) is 0 Å². The van der Waals surface area contributed by atoms with Gasteiger partial charge in [-0.1, -0.05) is 0 Å². The predicted octanol–water partition coefficient (Wildman–Crippen LogP) is 4.38. The minimum atomic E-state index is -2.96. The zero-order valence-electron chi connectivity index (χ0n) is 15.2. The molecular weight excluding hydrogens is 376 g/mol. The number of aryl methyl sites for hydroxylation is 2. The number of fused-ring (bicyclic) bond motifs is 1. The molecule has 1 unspecified atom stereocenters. The van der Waals surface area contributed by atoms with E-state index in [2.05, 4.69) is 20.0 Å². The Morgan fingerprint density at radius 1 is 1.26 bits per heavy atom. The number of aromatic nitrogens is 2. The zero-order chi connectivity index (χ0) is 19.7. The number of aromatic amines is 1. The Labute approximate surface area is 158 Å². The highest BCUT2D eigenvalue weighted by Gasteiger charge is 2.17. The van der Waals surface area contributed by atoms with Crippen molar-refractivity contribution in [2.24, 2.45) is 0 Å². The largest absolute Gasteiger partial charge is 0.493 e. The highest BCUT2D eigenvalue weighted by Crippen LogP contribution is 2.33. The SMILES string of the molecule is COc1ccc(NC(C)c2nc3sc(C)c(C)c3c(=O)[nH]2)cc1OC(F)F. The third kappa shape index (κ3) is 3.87. The molecule has 0 spiro atoms. The van der Waals surface area contributed by atoms with Gasteiger partial charge in [0.25, 0.3) is 5.56 Å². The number of nitrogens with one attached hydrogen (secondary N) is 2. The van der Waals surface area contributed by atoms with Crippen molar-refractivity contribution in [3.8, 4) is 11.5 Å². The molecule has 3 aromatic rings.